The summed E-state index contributed by atoms with van der Waals surface area (Å²) in [5.41, 5.74) is 0.447. The SMILES string of the molecule is CCCN(CCC)C(=O)C(CCC(=O)O)NC(=O)c1ccccc1.[Na+]. The molecule has 1 rings (SSSR count). The van der Waals surface area contributed by atoms with Gasteiger partial charge in [-0.25, -0.2) is 0 Å². The Balaban J connectivity index is 0.00000576. The maximum absolute atomic E-state index is 12.7. The number of hydrogen-bond donors (Lipinski definition) is 2. The number of aliphatic carboxylic acids is 1. The van der Waals surface area contributed by atoms with Gasteiger partial charge in [0.25, 0.3) is 5.91 Å². The number of amides is 2. The van der Waals surface area contributed by atoms with Gasteiger partial charge in [-0.05, 0) is 31.4 Å². The van der Waals surface area contributed by atoms with Crippen molar-refractivity contribution in [2.24, 2.45) is 0 Å². The summed E-state index contributed by atoms with van der Waals surface area (Å²) in [6, 6.07) is 7.77. The first kappa shape index (κ1) is 23.6. The van der Waals surface area contributed by atoms with E-state index in [1.807, 2.05) is 13.8 Å². The number of carboxylic acids is 1. The Morgan fingerprint density at radius 3 is 2.12 bits per heavy atom. The molecule has 2 N–H and O–H groups in total. The van der Waals surface area contributed by atoms with Crippen LogP contribution in [0.15, 0.2) is 30.3 Å². The molecule has 7 heteroatoms. The standard InChI is InChI=1S/C18H26N2O4.Na/c1-3-12-20(13-4-2)18(24)15(10-11-16(21)22)19-17(23)14-8-6-5-7-9-14;/h5-9,15H,3-4,10-13H2,1-2H3,(H,19,23)(H,21,22);/q;+1. The summed E-state index contributed by atoms with van der Waals surface area (Å²) in [6.45, 7) is 5.14. The molecule has 0 aliphatic rings. The van der Waals surface area contributed by atoms with E-state index in [1.165, 1.54) is 0 Å². The van der Waals surface area contributed by atoms with E-state index in [1.54, 1.807) is 35.2 Å². The number of rotatable bonds is 10. The molecular weight excluding hydrogens is 331 g/mol. The molecule has 6 nitrogen and oxygen atoms in total. The normalized spacial score (nSPS) is 11.1. The molecule has 1 unspecified atom stereocenters. The van der Waals surface area contributed by atoms with Crippen molar-refractivity contribution in [2.45, 2.75) is 45.6 Å². The average molecular weight is 357 g/mol. The van der Waals surface area contributed by atoms with Crippen molar-refractivity contribution in [1.29, 1.82) is 0 Å². The van der Waals surface area contributed by atoms with Crippen LogP contribution in [0.5, 0.6) is 0 Å². The summed E-state index contributed by atoms with van der Waals surface area (Å²) in [6.07, 6.45) is 1.53. The number of hydrogen-bond acceptors (Lipinski definition) is 3. The largest absolute Gasteiger partial charge is 1.00 e. The zero-order valence-electron chi connectivity index (χ0n) is 15.3. The van der Waals surface area contributed by atoms with Crippen molar-refractivity contribution in [3.05, 3.63) is 35.9 Å². The topological polar surface area (TPSA) is 86.7 Å². The Kier molecular flexibility index (Phi) is 12.2. The van der Waals surface area contributed by atoms with E-state index in [9.17, 15) is 14.4 Å². The van der Waals surface area contributed by atoms with E-state index in [2.05, 4.69) is 5.32 Å². The third-order valence-electron chi connectivity index (χ3n) is 3.58. The summed E-state index contributed by atoms with van der Waals surface area (Å²) in [7, 11) is 0. The Hall–Kier alpha value is -1.37. The van der Waals surface area contributed by atoms with Gasteiger partial charge >= 0.3 is 35.5 Å². The van der Waals surface area contributed by atoms with E-state index in [0.29, 0.717) is 18.7 Å². The zero-order valence-corrected chi connectivity index (χ0v) is 17.3. The van der Waals surface area contributed by atoms with E-state index in [-0.39, 0.29) is 54.2 Å². The second-order valence-electron chi connectivity index (χ2n) is 5.65. The molecule has 1 aromatic rings. The quantitative estimate of drug-likeness (QED) is 0.543. The van der Waals surface area contributed by atoms with Crippen molar-refractivity contribution >= 4 is 17.8 Å². The molecule has 1 aromatic carbocycles. The fourth-order valence-electron chi connectivity index (χ4n) is 2.45. The van der Waals surface area contributed by atoms with E-state index in [0.717, 1.165) is 12.8 Å². The molecule has 0 aliphatic carbocycles. The van der Waals surface area contributed by atoms with Crippen LogP contribution < -0.4 is 34.9 Å². The van der Waals surface area contributed by atoms with Gasteiger partial charge in [0.15, 0.2) is 0 Å². The van der Waals surface area contributed by atoms with Crippen molar-refractivity contribution in [1.82, 2.24) is 10.2 Å². The Morgan fingerprint density at radius 2 is 1.64 bits per heavy atom. The third kappa shape index (κ3) is 8.52. The molecule has 0 bridgehead atoms. The Bertz CT molecular complexity index is 545. The number of nitrogens with one attached hydrogen (secondary N) is 1. The van der Waals surface area contributed by atoms with Gasteiger partial charge in [0.1, 0.15) is 6.04 Å². The Morgan fingerprint density at radius 1 is 1.08 bits per heavy atom. The predicted molar refractivity (Wildman–Crippen MR) is 91.7 cm³/mol. The van der Waals surface area contributed by atoms with Crippen LogP contribution in [0.2, 0.25) is 0 Å². The number of carbonyl (C=O) groups excluding carboxylic acids is 2. The molecule has 0 saturated carbocycles. The molecule has 0 heterocycles. The molecule has 25 heavy (non-hydrogen) atoms. The van der Waals surface area contributed by atoms with Gasteiger partial charge in [0, 0.05) is 25.1 Å². The summed E-state index contributed by atoms with van der Waals surface area (Å²) < 4.78 is 0. The second kappa shape index (κ2) is 12.9. The van der Waals surface area contributed by atoms with Crippen molar-refractivity contribution in [2.75, 3.05) is 13.1 Å². The van der Waals surface area contributed by atoms with Crippen molar-refractivity contribution in [3.8, 4) is 0 Å². The number of carbonyl (C=O) groups is 3. The number of benzene rings is 1. The van der Waals surface area contributed by atoms with E-state index >= 15 is 0 Å². The van der Waals surface area contributed by atoms with Gasteiger partial charge < -0.3 is 15.3 Å². The fraction of sp³-hybridized carbons (Fsp3) is 0.500. The average Bonchev–Trinajstić information content (AvgIpc) is 2.58. The molecule has 0 saturated heterocycles. The minimum Gasteiger partial charge on any atom is -0.481 e. The van der Waals surface area contributed by atoms with Gasteiger partial charge in [-0.15, -0.1) is 0 Å². The maximum Gasteiger partial charge on any atom is 1.00 e. The third-order valence-corrected chi connectivity index (χ3v) is 3.58. The first-order chi connectivity index (χ1) is 11.5. The van der Waals surface area contributed by atoms with Crippen LogP contribution in [0.3, 0.4) is 0 Å². The summed E-state index contributed by atoms with van der Waals surface area (Å²) in [5.74, 6) is -1.57. The zero-order chi connectivity index (χ0) is 17.9. The monoisotopic (exact) mass is 357 g/mol. The van der Waals surface area contributed by atoms with Crippen LogP contribution in [-0.4, -0.2) is 46.9 Å². The predicted octanol–water partition coefficient (Wildman–Crippen LogP) is -0.698. The molecule has 0 fully saturated rings. The molecule has 0 spiro atoms. The van der Waals surface area contributed by atoms with Gasteiger partial charge in [0.05, 0.1) is 0 Å². The van der Waals surface area contributed by atoms with Crippen molar-refractivity contribution < 1.29 is 49.0 Å². The fourth-order valence-corrected chi connectivity index (χ4v) is 2.45. The van der Waals surface area contributed by atoms with Crippen LogP contribution in [0.1, 0.15) is 49.9 Å². The molecule has 1 atom stereocenters. The van der Waals surface area contributed by atoms with Crippen molar-refractivity contribution in [3.63, 3.8) is 0 Å². The summed E-state index contributed by atoms with van der Waals surface area (Å²) in [5, 5.41) is 11.6. The molecule has 0 radical (unpaired) electrons. The van der Waals surface area contributed by atoms with Crippen LogP contribution in [0.25, 0.3) is 0 Å². The Labute approximate surface area is 171 Å². The molecule has 2 amide bonds. The van der Waals surface area contributed by atoms with Crippen LogP contribution in [-0.2, 0) is 9.59 Å². The minimum atomic E-state index is -0.987. The molecule has 0 aromatic heterocycles. The first-order valence-electron chi connectivity index (χ1n) is 8.36. The second-order valence-corrected chi connectivity index (χ2v) is 5.65. The van der Waals surface area contributed by atoms with E-state index in [4.69, 9.17) is 5.11 Å². The smallest absolute Gasteiger partial charge is 0.481 e. The van der Waals surface area contributed by atoms with Gasteiger partial charge in [-0.1, -0.05) is 32.0 Å². The van der Waals surface area contributed by atoms with E-state index < -0.39 is 12.0 Å². The maximum atomic E-state index is 12.7. The van der Waals surface area contributed by atoms with Crippen LogP contribution >= 0.6 is 0 Å². The number of nitrogens with zero attached hydrogens (tertiary/aromatic N) is 1. The first-order valence-corrected chi connectivity index (χ1v) is 8.36. The van der Waals surface area contributed by atoms with Gasteiger partial charge in [-0.3, -0.25) is 14.4 Å². The van der Waals surface area contributed by atoms with Crippen LogP contribution in [0, 0.1) is 0 Å². The molecule has 0 aliphatic heterocycles. The molecule has 132 valence electrons. The molecular formula is C18H26N2NaO4+. The number of carboxylic acid groups (broad SMARTS) is 1. The van der Waals surface area contributed by atoms with Crippen LogP contribution in [0.4, 0.5) is 0 Å². The summed E-state index contributed by atoms with van der Waals surface area (Å²) >= 11 is 0. The minimum absolute atomic E-state index is 0. The van der Waals surface area contributed by atoms with Gasteiger partial charge in [0.2, 0.25) is 5.91 Å². The van der Waals surface area contributed by atoms with Gasteiger partial charge in [-0.2, -0.15) is 0 Å². The summed E-state index contributed by atoms with van der Waals surface area (Å²) in [4.78, 5) is 37.6.